The third kappa shape index (κ3) is 4.80. The Kier molecular flexibility index (Phi) is 6.33. The number of carbonyl (C=O) groups is 1. The lowest BCUT2D eigenvalue weighted by molar-refractivity contribution is -0.137. The Labute approximate surface area is 216 Å². The van der Waals surface area contributed by atoms with Crippen molar-refractivity contribution in [1.29, 1.82) is 0 Å². The van der Waals surface area contributed by atoms with Crippen LogP contribution in [0.2, 0.25) is 0 Å². The van der Waals surface area contributed by atoms with E-state index >= 15 is 0 Å². The number of halogens is 3. The number of hydrazine groups is 1. The molecule has 3 aliphatic heterocycles. The van der Waals surface area contributed by atoms with Crippen LogP contribution in [0.5, 0.6) is 0 Å². The first-order chi connectivity index (χ1) is 17.8. The Balaban J connectivity index is 1.19. The number of benzene rings is 1. The molecule has 0 radical (unpaired) electrons. The van der Waals surface area contributed by atoms with Crippen LogP contribution in [-0.4, -0.2) is 88.6 Å². The monoisotopic (exact) mass is 534 g/mol. The molecule has 3 saturated heterocycles. The Morgan fingerprint density at radius 3 is 2.78 bits per heavy atom. The van der Waals surface area contributed by atoms with E-state index in [0.717, 1.165) is 31.6 Å². The molecule has 1 aromatic carbocycles. The minimum Gasteiger partial charge on any atom is -0.358 e. The second-order valence-corrected chi connectivity index (χ2v) is 11.0. The van der Waals surface area contributed by atoms with E-state index in [0.29, 0.717) is 65.8 Å². The molecule has 9 nitrogen and oxygen atoms in total. The number of aromatic nitrogens is 3. The van der Waals surface area contributed by atoms with E-state index in [4.69, 9.17) is 0 Å². The van der Waals surface area contributed by atoms with Gasteiger partial charge in [0.2, 0.25) is 10.9 Å². The summed E-state index contributed by atoms with van der Waals surface area (Å²) in [6.45, 7) is 6.29. The number of aromatic amines is 1. The van der Waals surface area contributed by atoms with Crippen molar-refractivity contribution >= 4 is 33.3 Å². The standard InChI is InChI=1S/C24H29F3N8OS/c1-14-11-34(8-9-35(14)19(36)13-33-7-6-16-15(12-33)10-28-32-16)22-20(31-23(37-22)24(25,26)27)21-29-17-4-2-3-5-18(17)30-21/h2-5,14-16,28,32H,6-13H2,1H3,(H,29,30)/t14-,15?,16?/m1/s1. The van der Waals surface area contributed by atoms with E-state index in [2.05, 4.69) is 30.7 Å². The van der Waals surface area contributed by atoms with Crippen molar-refractivity contribution in [3.63, 3.8) is 0 Å². The highest BCUT2D eigenvalue weighted by atomic mass is 32.1. The highest BCUT2D eigenvalue weighted by Gasteiger charge is 2.39. The zero-order valence-corrected chi connectivity index (χ0v) is 21.2. The molecular weight excluding hydrogens is 505 g/mol. The highest BCUT2D eigenvalue weighted by molar-refractivity contribution is 7.16. The summed E-state index contributed by atoms with van der Waals surface area (Å²) in [7, 11) is 0. The number of fused-ring (bicyclic) bond motifs is 2. The highest BCUT2D eigenvalue weighted by Crippen LogP contribution is 2.42. The number of likely N-dealkylation sites (tertiary alicyclic amines) is 1. The first-order valence-corrected chi connectivity index (χ1v) is 13.4. The third-order valence-corrected chi connectivity index (χ3v) is 8.69. The van der Waals surface area contributed by atoms with Crippen molar-refractivity contribution in [2.45, 2.75) is 31.6 Å². The number of para-hydroxylation sites is 2. The molecule has 198 valence electrons. The first-order valence-electron chi connectivity index (χ1n) is 12.5. The van der Waals surface area contributed by atoms with Gasteiger partial charge in [-0.05, 0) is 25.5 Å². The number of thiazole rings is 1. The number of alkyl halides is 3. The molecule has 37 heavy (non-hydrogen) atoms. The van der Waals surface area contributed by atoms with Gasteiger partial charge in [0, 0.05) is 57.3 Å². The van der Waals surface area contributed by atoms with Gasteiger partial charge >= 0.3 is 6.18 Å². The summed E-state index contributed by atoms with van der Waals surface area (Å²) in [4.78, 5) is 30.8. The molecule has 2 unspecified atom stereocenters. The van der Waals surface area contributed by atoms with Gasteiger partial charge in [0.15, 0.2) is 5.82 Å². The van der Waals surface area contributed by atoms with Crippen molar-refractivity contribution in [3.05, 3.63) is 29.3 Å². The predicted octanol–water partition coefficient (Wildman–Crippen LogP) is 2.54. The summed E-state index contributed by atoms with van der Waals surface area (Å²) in [5, 5.41) is -0.475. The number of carbonyl (C=O) groups excluding carboxylic acids is 1. The van der Waals surface area contributed by atoms with E-state index in [9.17, 15) is 18.0 Å². The number of nitrogens with one attached hydrogen (secondary N) is 3. The summed E-state index contributed by atoms with van der Waals surface area (Å²) in [6, 6.07) is 7.63. The molecule has 3 aromatic rings. The van der Waals surface area contributed by atoms with Crippen LogP contribution in [0.4, 0.5) is 18.2 Å². The average molecular weight is 535 g/mol. The van der Waals surface area contributed by atoms with Crippen molar-refractivity contribution in [2.24, 2.45) is 5.92 Å². The van der Waals surface area contributed by atoms with E-state index in [1.165, 1.54) is 0 Å². The molecule has 5 heterocycles. The number of anilines is 1. The first kappa shape index (κ1) is 24.6. The number of H-pyrrole nitrogens is 1. The predicted molar refractivity (Wildman–Crippen MR) is 135 cm³/mol. The number of hydrogen-bond donors (Lipinski definition) is 3. The molecule has 3 aliphatic rings. The topological polar surface area (TPSA) is 92.4 Å². The van der Waals surface area contributed by atoms with Gasteiger partial charge in [0.25, 0.3) is 0 Å². The van der Waals surface area contributed by atoms with Crippen molar-refractivity contribution in [3.8, 4) is 11.5 Å². The minimum absolute atomic E-state index is 0.0716. The third-order valence-electron chi connectivity index (χ3n) is 7.53. The lowest BCUT2D eigenvalue weighted by atomic mass is 9.94. The number of hydrogen-bond acceptors (Lipinski definition) is 8. The summed E-state index contributed by atoms with van der Waals surface area (Å²) in [5.41, 5.74) is 8.11. The van der Waals surface area contributed by atoms with Gasteiger partial charge in [-0.15, -0.1) is 0 Å². The molecule has 3 N–H and O–H groups in total. The van der Waals surface area contributed by atoms with Crippen LogP contribution in [0.3, 0.4) is 0 Å². The maximum atomic E-state index is 13.7. The number of piperidine rings is 1. The summed E-state index contributed by atoms with van der Waals surface area (Å²) >= 11 is 0.633. The summed E-state index contributed by atoms with van der Waals surface area (Å²) in [5.74, 6) is 0.886. The van der Waals surface area contributed by atoms with E-state index in [1.807, 2.05) is 34.9 Å². The molecule has 0 bridgehead atoms. The largest absolute Gasteiger partial charge is 0.443 e. The molecule has 3 atom stereocenters. The van der Waals surface area contributed by atoms with Gasteiger partial charge in [-0.1, -0.05) is 23.5 Å². The number of imidazole rings is 1. The van der Waals surface area contributed by atoms with Crippen LogP contribution >= 0.6 is 11.3 Å². The quantitative estimate of drug-likeness (QED) is 0.474. The molecule has 0 aliphatic carbocycles. The maximum absolute atomic E-state index is 13.7. The zero-order valence-electron chi connectivity index (χ0n) is 20.4. The number of rotatable bonds is 4. The van der Waals surface area contributed by atoms with Gasteiger partial charge in [-0.2, -0.15) is 13.2 Å². The molecule has 2 aromatic heterocycles. The molecule has 3 fully saturated rings. The normalized spacial score (nSPS) is 25.1. The Morgan fingerprint density at radius 2 is 2.00 bits per heavy atom. The average Bonchev–Trinajstić information content (AvgIpc) is 3.60. The number of piperazine rings is 1. The molecule has 1 amide bonds. The van der Waals surface area contributed by atoms with Crippen molar-refractivity contribution in [2.75, 3.05) is 50.7 Å². The second kappa shape index (κ2) is 9.53. The summed E-state index contributed by atoms with van der Waals surface area (Å²) in [6.07, 6.45) is -3.54. The molecule has 13 heteroatoms. The number of nitrogens with zero attached hydrogens (tertiary/aromatic N) is 5. The molecule has 0 spiro atoms. The van der Waals surface area contributed by atoms with Gasteiger partial charge < -0.3 is 14.8 Å². The van der Waals surface area contributed by atoms with E-state index in [-0.39, 0.29) is 17.6 Å². The lowest BCUT2D eigenvalue weighted by Gasteiger charge is -2.42. The van der Waals surface area contributed by atoms with E-state index in [1.54, 1.807) is 6.07 Å². The maximum Gasteiger partial charge on any atom is 0.443 e. The SMILES string of the molecule is C[C@@H]1CN(c2sc(C(F)(F)F)nc2-c2nc3ccccc3[nH]2)CCN1C(=O)CN1CCC2NNCC2C1. The fourth-order valence-electron chi connectivity index (χ4n) is 5.63. The van der Waals surface area contributed by atoms with Crippen molar-refractivity contribution < 1.29 is 18.0 Å². The molecule has 6 rings (SSSR count). The lowest BCUT2D eigenvalue weighted by Crippen LogP contribution is -2.57. The fraction of sp³-hybridized carbons (Fsp3) is 0.542. The van der Waals surface area contributed by atoms with Gasteiger partial charge in [-0.25, -0.2) is 9.97 Å². The number of amides is 1. The Hall–Kier alpha value is -2.74. The Bertz CT molecular complexity index is 1260. The van der Waals surface area contributed by atoms with Gasteiger partial charge in [0.1, 0.15) is 10.7 Å². The van der Waals surface area contributed by atoms with E-state index < -0.39 is 11.2 Å². The second-order valence-electron chi connectivity index (χ2n) is 10.1. The van der Waals surface area contributed by atoms with Crippen LogP contribution < -0.4 is 15.8 Å². The Morgan fingerprint density at radius 1 is 1.16 bits per heavy atom. The van der Waals surface area contributed by atoms with Crippen LogP contribution in [0, 0.1) is 5.92 Å². The van der Waals surface area contributed by atoms with Crippen molar-refractivity contribution in [1.82, 2.24) is 35.6 Å². The van der Waals surface area contributed by atoms with Gasteiger partial charge in [0.05, 0.1) is 17.6 Å². The zero-order chi connectivity index (χ0) is 25.7. The minimum atomic E-state index is -4.55. The van der Waals surface area contributed by atoms with Crippen LogP contribution in [0.15, 0.2) is 24.3 Å². The smallest absolute Gasteiger partial charge is 0.358 e. The molecule has 0 saturated carbocycles. The van der Waals surface area contributed by atoms with Gasteiger partial charge in [-0.3, -0.25) is 20.5 Å². The summed E-state index contributed by atoms with van der Waals surface area (Å²) < 4.78 is 41.0. The fourth-order valence-corrected chi connectivity index (χ4v) is 6.60. The van der Waals surface area contributed by atoms with Crippen LogP contribution in [0.25, 0.3) is 22.6 Å². The van der Waals surface area contributed by atoms with Crippen LogP contribution in [-0.2, 0) is 11.0 Å². The van der Waals surface area contributed by atoms with Crippen LogP contribution in [0.1, 0.15) is 18.4 Å². The molecular formula is C24H29F3N8OS.